The molecule has 0 saturated heterocycles. The third kappa shape index (κ3) is 6.67. The number of carbonyl (C=O) groups excluding carboxylic acids is 1. The van der Waals surface area contributed by atoms with Crippen LogP contribution >= 0.6 is 0 Å². The van der Waals surface area contributed by atoms with E-state index in [4.69, 9.17) is 0 Å². The van der Waals surface area contributed by atoms with Crippen LogP contribution < -0.4 is 5.32 Å². The average molecular weight is 431 g/mol. The maximum absolute atomic E-state index is 13.6. The van der Waals surface area contributed by atoms with Crippen LogP contribution in [0.1, 0.15) is 48.4 Å². The lowest BCUT2D eigenvalue weighted by atomic mass is 10.1. The fourth-order valence-corrected chi connectivity index (χ4v) is 5.51. The van der Waals surface area contributed by atoms with Crippen LogP contribution in [0.4, 0.5) is 0 Å². The Kier molecular flexibility index (Phi) is 9.06. The summed E-state index contributed by atoms with van der Waals surface area (Å²) in [5.41, 5.74) is 3.48. The Labute approximate surface area is 181 Å². The van der Waals surface area contributed by atoms with Crippen molar-refractivity contribution in [2.24, 2.45) is 0 Å². The lowest BCUT2D eigenvalue weighted by Gasteiger charge is -2.24. The number of hydrogen-bond acceptors (Lipinski definition) is 3. The summed E-state index contributed by atoms with van der Waals surface area (Å²) in [5.74, 6) is -0.259. The third-order valence-corrected chi connectivity index (χ3v) is 7.27. The minimum Gasteiger partial charge on any atom is -0.355 e. The average Bonchev–Trinajstić information content (AvgIpc) is 2.68. The highest BCUT2D eigenvalue weighted by Crippen LogP contribution is 2.25. The van der Waals surface area contributed by atoms with E-state index in [1.165, 1.54) is 4.31 Å². The molecule has 2 aromatic carbocycles. The summed E-state index contributed by atoms with van der Waals surface area (Å²) in [5, 5.41) is 2.86. The Morgan fingerprint density at radius 3 is 2.23 bits per heavy atom. The zero-order valence-corrected chi connectivity index (χ0v) is 19.4. The highest BCUT2D eigenvalue weighted by molar-refractivity contribution is 7.89. The van der Waals surface area contributed by atoms with Gasteiger partial charge in [0.15, 0.2) is 0 Å². The highest BCUT2D eigenvalue weighted by atomic mass is 32.2. The van der Waals surface area contributed by atoms with Crippen LogP contribution in [-0.4, -0.2) is 38.3 Å². The topological polar surface area (TPSA) is 66.5 Å². The molecule has 0 bridgehead atoms. The molecule has 1 N–H and O–H groups in total. The Bertz CT molecular complexity index is 917. The Balaban J connectivity index is 2.26. The smallest absolute Gasteiger partial charge is 0.244 e. The summed E-state index contributed by atoms with van der Waals surface area (Å²) in [6.07, 6.45) is 3.56. The Morgan fingerprint density at radius 2 is 1.63 bits per heavy atom. The number of aryl methyl sites for hydroxylation is 3. The third-order valence-electron chi connectivity index (χ3n) is 5.12. The van der Waals surface area contributed by atoms with Crippen molar-refractivity contribution in [3.63, 3.8) is 0 Å². The van der Waals surface area contributed by atoms with Gasteiger partial charge < -0.3 is 5.32 Å². The number of hydrogen-bond donors (Lipinski definition) is 1. The molecule has 0 unspecified atom stereocenters. The van der Waals surface area contributed by atoms with E-state index in [9.17, 15) is 13.2 Å². The molecule has 5 nitrogen and oxygen atoms in total. The predicted molar refractivity (Wildman–Crippen MR) is 122 cm³/mol. The summed E-state index contributed by atoms with van der Waals surface area (Å²) in [7, 11) is -3.81. The first kappa shape index (κ1) is 24.1. The van der Waals surface area contributed by atoms with Crippen molar-refractivity contribution in [3.05, 3.63) is 64.7 Å². The fraction of sp³-hybridized carbons (Fsp3) is 0.458. The van der Waals surface area contributed by atoms with Gasteiger partial charge in [-0.1, -0.05) is 67.8 Å². The van der Waals surface area contributed by atoms with E-state index in [1.807, 2.05) is 63.2 Å². The molecule has 0 heterocycles. The van der Waals surface area contributed by atoms with E-state index in [0.29, 0.717) is 29.0 Å². The maximum atomic E-state index is 13.6. The Hall–Kier alpha value is -2.18. The highest BCUT2D eigenvalue weighted by Gasteiger charge is 2.29. The van der Waals surface area contributed by atoms with Crippen molar-refractivity contribution in [2.75, 3.05) is 19.6 Å². The standard InChI is InChI=1S/C24H34N2O3S/c1-5-6-10-14-25-23(27)18-26(15-13-22-11-8-7-9-12-22)30(28,29)24-20(3)16-19(2)17-21(24)4/h7-9,11-12,16-17H,5-6,10,13-15,18H2,1-4H3,(H,25,27). The lowest BCUT2D eigenvalue weighted by molar-refractivity contribution is -0.121. The molecule has 2 aromatic rings. The number of nitrogens with one attached hydrogen (secondary N) is 1. The number of unbranched alkanes of at least 4 members (excludes halogenated alkanes) is 2. The van der Waals surface area contributed by atoms with Gasteiger partial charge in [0.1, 0.15) is 0 Å². The largest absolute Gasteiger partial charge is 0.355 e. The van der Waals surface area contributed by atoms with Gasteiger partial charge in [0.25, 0.3) is 0 Å². The van der Waals surface area contributed by atoms with Crippen molar-refractivity contribution < 1.29 is 13.2 Å². The molecule has 30 heavy (non-hydrogen) atoms. The van der Waals surface area contributed by atoms with Crippen LogP contribution in [-0.2, 0) is 21.2 Å². The molecular weight excluding hydrogens is 396 g/mol. The van der Waals surface area contributed by atoms with Gasteiger partial charge >= 0.3 is 0 Å². The van der Waals surface area contributed by atoms with E-state index in [0.717, 1.165) is 30.4 Å². The number of benzene rings is 2. The first-order chi connectivity index (χ1) is 14.3. The second-order valence-electron chi connectivity index (χ2n) is 7.86. The lowest BCUT2D eigenvalue weighted by Crippen LogP contribution is -2.42. The molecule has 0 aromatic heterocycles. The van der Waals surface area contributed by atoms with Gasteiger partial charge in [-0.3, -0.25) is 4.79 Å². The van der Waals surface area contributed by atoms with Crippen molar-refractivity contribution in [1.29, 1.82) is 0 Å². The van der Waals surface area contributed by atoms with Crippen molar-refractivity contribution in [2.45, 2.75) is 58.3 Å². The van der Waals surface area contributed by atoms with E-state index >= 15 is 0 Å². The van der Waals surface area contributed by atoms with Crippen molar-refractivity contribution >= 4 is 15.9 Å². The molecule has 0 atom stereocenters. The second kappa shape index (κ2) is 11.3. The summed E-state index contributed by atoms with van der Waals surface area (Å²) in [4.78, 5) is 12.8. The molecular formula is C24H34N2O3S. The number of amides is 1. The molecule has 0 radical (unpaired) electrons. The molecule has 0 aliphatic rings. The molecule has 0 spiro atoms. The zero-order valence-electron chi connectivity index (χ0n) is 18.6. The Morgan fingerprint density at radius 1 is 1.00 bits per heavy atom. The number of sulfonamides is 1. The summed E-state index contributed by atoms with van der Waals surface area (Å²) in [6, 6.07) is 13.5. The van der Waals surface area contributed by atoms with Crippen LogP contribution in [0.25, 0.3) is 0 Å². The molecule has 164 valence electrons. The molecule has 2 rings (SSSR count). The SMILES string of the molecule is CCCCCNC(=O)CN(CCc1ccccc1)S(=O)(=O)c1c(C)cc(C)cc1C. The van der Waals surface area contributed by atoms with Gasteiger partial charge in [0.05, 0.1) is 11.4 Å². The summed E-state index contributed by atoms with van der Waals surface area (Å²) in [6.45, 7) is 8.33. The van der Waals surface area contributed by atoms with Crippen molar-refractivity contribution in [1.82, 2.24) is 9.62 Å². The maximum Gasteiger partial charge on any atom is 0.244 e. The van der Waals surface area contributed by atoms with Gasteiger partial charge in [0, 0.05) is 13.1 Å². The van der Waals surface area contributed by atoms with E-state index < -0.39 is 10.0 Å². The molecule has 6 heteroatoms. The van der Waals surface area contributed by atoms with Gasteiger partial charge in [-0.05, 0) is 50.3 Å². The number of nitrogens with zero attached hydrogens (tertiary/aromatic N) is 1. The molecule has 0 aliphatic carbocycles. The predicted octanol–water partition coefficient (Wildman–Crippen LogP) is 4.15. The minimum absolute atomic E-state index is 0.173. The molecule has 0 saturated carbocycles. The van der Waals surface area contributed by atoms with Crippen LogP contribution in [0, 0.1) is 20.8 Å². The summed E-state index contributed by atoms with van der Waals surface area (Å²) < 4.78 is 28.4. The first-order valence-electron chi connectivity index (χ1n) is 10.6. The van der Waals surface area contributed by atoms with E-state index in [1.54, 1.807) is 0 Å². The fourth-order valence-electron chi connectivity index (χ4n) is 3.70. The zero-order chi connectivity index (χ0) is 22.1. The minimum atomic E-state index is -3.81. The first-order valence-corrected chi connectivity index (χ1v) is 12.1. The number of carbonyl (C=O) groups is 1. The second-order valence-corrected chi connectivity index (χ2v) is 9.73. The number of rotatable bonds is 11. The normalized spacial score (nSPS) is 11.6. The monoisotopic (exact) mass is 430 g/mol. The van der Waals surface area contributed by atoms with E-state index in [2.05, 4.69) is 12.2 Å². The quantitative estimate of drug-likeness (QED) is 0.545. The molecule has 1 amide bonds. The van der Waals surface area contributed by atoms with Crippen LogP contribution in [0.5, 0.6) is 0 Å². The van der Waals surface area contributed by atoms with Crippen LogP contribution in [0.15, 0.2) is 47.4 Å². The van der Waals surface area contributed by atoms with Crippen LogP contribution in [0.3, 0.4) is 0 Å². The van der Waals surface area contributed by atoms with Crippen LogP contribution in [0.2, 0.25) is 0 Å². The molecule has 0 fully saturated rings. The van der Waals surface area contributed by atoms with Crippen molar-refractivity contribution in [3.8, 4) is 0 Å². The van der Waals surface area contributed by atoms with E-state index in [-0.39, 0.29) is 19.0 Å². The van der Waals surface area contributed by atoms with Gasteiger partial charge in [-0.25, -0.2) is 8.42 Å². The molecule has 0 aliphatic heterocycles. The van der Waals surface area contributed by atoms with Gasteiger partial charge in [-0.15, -0.1) is 0 Å². The van der Waals surface area contributed by atoms with Gasteiger partial charge in [-0.2, -0.15) is 4.31 Å². The summed E-state index contributed by atoms with van der Waals surface area (Å²) >= 11 is 0. The van der Waals surface area contributed by atoms with Gasteiger partial charge in [0.2, 0.25) is 15.9 Å².